The smallest absolute Gasteiger partial charge is 0.352 e. The zero-order chi connectivity index (χ0) is 86.0. The van der Waals surface area contributed by atoms with Gasteiger partial charge < -0.3 is 95.1 Å². The number of nitrogens with zero attached hydrogens (tertiary/aromatic N) is 6. The Kier molecular flexibility index (Phi) is 27.5. The fraction of sp³-hybridized carbons (Fsp3) is 0.386. The van der Waals surface area contributed by atoms with Crippen molar-refractivity contribution in [3.63, 3.8) is 0 Å². The molecule has 4 heterocycles. The highest BCUT2D eigenvalue weighted by Crippen LogP contribution is 2.55. The number of aliphatic hydroxyl groups is 4. The summed E-state index contributed by atoms with van der Waals surface area (Å²) in [5.74, 6) is -5.13. The number of ether oxygens (including phenoxy) is 8. The third-order valence-corrected chi connectivity index (χ3v) is 22.3. The van der Waals surface area contributed by atoms with Crippen LogP contribution in [-0.4, -0.2) is 213 Å². The first-order valence-corrected chi connectivity index (χ1v) is 38.8. The van der Waals surface area contributed by atoms with Gasteiger partial charge in [0.15, 0.2) is 35.7 Å². The third-order valence-electron chi connectivity index (χ3n) is 22.3. The van der Waals surface area contributed by atoms with Crippen LogP contribution in [0.15, 0.2) is 132 Å². The monoisotopic (exact) mass is 1650 g/mol. The van der Waals surface area contributed by atoms with Gasteiger partial charge in [0.1, 0.15) is 71.1 Å². The number of imidazole rings is 1. The molecule has 32 nitrogen and oxygen atoms in total. The number of methoxy groups -OCH3 is 2. The molecule has 2 saturated heterocycles. The Morgan fingerprint density at radius 3 is 1.50 bits per heavy atom. The highest BCUT2D eigenvalue weighted by molar-refractivity contribution is 6.32. The largest absolute Gasteiger partial charge is 0.507 e. The van der Waals surface area contributed by atoms with Gasteiger partial charge in [0, 0.05) is 104 Å². The van der Waals surface area contributed by atoms with Crippen LogP contribution >= 0.6 is 0 Å². The van der Waals surface area contributed by atoms with Crippen LogP contribution in [0.4, 0.5) is 0 Å². The van der Waals surface area contributed by atoms with E-state index in [2.05, 4.69) is 126 Å². The fourth-order valence-corrected chi connectivity index (χ4v) is 16.0. The molecule has 2 fully saturated rings. The standard InChI is InChI=1S/C28H31NO10.C27H29NO10.C26H29NO.C6H8N6O2.CH4/c1-4-17(30)28(36)9-13-20(16(10-28)39-18-8-14(29)23(31)11(2)38-18)27(35)22-21(25(13)33)24(32)12-6-5-7-15(37-3)19(12)26(22)34;1-10-22(30)14(28)7-17(37-10)38-16-9-27(35,11(2)29)8-13-19(16)26(34)21-20(24(13)32)23(31)12-5-4-6-15(36-3)18(12)25(21)33;1-4-25(21-11-7-5-8-12-21)26(22-13-9-6-10-14-22)23-15-17-24(18-16-23)28-20-19-27(2)3;1-11-6(13)12-3-8-5(14-2-7)4(12)9-10-11;/h5-7,11,14,16,18,23,31,33,35-36H,4,8-10,29H2,1-3H3;4-6,10,14,16-17,22,30,32,34-35H,7-9,28H2,1-3H3;5-18H,4,19-20H2,1-3H3;3H,2,7H2,1H3;1H4/b;;26-25-;;/t11?,14?,16-,18?,23?,28-;10?,14?,16-,17?,22?,27-;;;/m00.../s1. The van der Waals surface area contributed by atoms with Gasteiger partial charge in [0.05, 0.1) is 84.2 Å². The van der Waals surface area contributed by atoms with Gasteiger partial charge in [0.2, 0.25) is 17.2 Å². The van der Waals surface area contributed by atoms with E-state index in [-0.39, 0.29) is 119 Å². The number of ketones is 6. The summed E-state index contributed by atoms with van der Waals surface area (Å²) in [5, 5.41) is 95.9. The Morgan fingerprint density at radius 2 is 1.06 bits per heavy atom. The summed E-state index contributed by atoms with van der Waals surface area (Å²) in [6.07, 6.45) is -6.77. The number of rotatable bonds is 19. The van der Waals surface area contributed by atoms with Crippen LogP contribution in [0.1, 0.15) is 195 Å². The van der Waals surface area contributed by atoms with E-state index in [1.165, 1.54) is 103 Å². The number of aliphatic hydroxyl groups excluding tert-OH is 2. The molecule has 32 heteroatoms. The number of phenols is 4. The summed E-state index contributed by atoms with van der Waals surface area (Å²) in [6.45, 7) is 9.78. The third kappa shape index (κ3) is 17.3. The summed E-state index contributed by atoms with van der Waals surface area (Å²) >= 11 is 0. The van der Waals surface area contributed by atoms with Crippen molar-refractivity contribution < 1.29 is 108 Å². The minimum absolute atomic E-state index is 0. The molecule has 0 saturated carbocycles. The number of aromatic nitrogens is 5. The number of carbonyl (C=O) groups is 6. The molecular weight excluding hydrogens is 1550 g/mol. The Hall–Kier alpha value is -11.5. The molecule has 14 N–H and O–H groups in total. The molecule has 120 heavy (non-hydrogen) atoms. The number of likely N-dealkylation sites (N-methyl/N-ethyl adjacent to an activating group) is 1. The minimum Gasteiger partial charge on any atom is -0.507 e. The lowest BCUT2D eigenvalue weighted by Gasteiger charge is -2.42. The Bertz CT molecular complexity index is 5440. The average molecular weight is 1650 g/mol. The zero-order valence-corrected chi connectivity index (χ0v) is 67.3. The van der Waals surface area contributed by atoms with Crippen molar-refractivity contribution in [2.24, 2.45) is 24.2 Å². The number of allylic oxidation sites excluding steroid dienone is 1. The number of aryl methyl sites for hydroxylation is 1. The molecule has 0 bridgehead atoms. The Morgan fingerprint density at radius 1 is 0.600 bits per heavy atom. The van der Waals surface area contributed by atoms with Gasteiger partial charge in [-0.15, -0.1) is 5.10 Å². The molecule has 8 unspecified atom stereocenters. The molecule has 636 valence electrons. The van der Waals surface area contributed by atoms with E-state index in [0.717, 1.165) is 23.4 Å². The molecule has 12 atom stereocenters. The predicted octanol–water partition coefficient (Wildman–Crippen LogP) is 7.20. The van der Waals surface area contributed by atoms with E-state index in [1.807, 2.05) is 0 Å². The van der Waals surface area contributed by atoms with Gasteiger partial charge in [-0.25, -0.2) is 9.20 Å². The number of hydrogen-bond acceptors (Lipinski definition) is 30. The normalized spacial score (nSPS) is 23.4. The van der Waals surface area contributed by atoms with Crippen molar-refractivity contribution in [1.29, 1.82) is 0 Å². The molecule has 15 rings (SSSR count). The van der Waals surface area contributed by atoms with Crippen molar-refractivity contribution in [3.8, 4) is 46.1 Å². The van der Waals surface area contributed by atoms with Gasteiger partial charge in [-0.05, 0) is 93.4 Å². The second-order valence-electron chi connectivity index (χ2n) is 30.2. The molecule has 2 aromatic heterocycles. The number of nitrogens with two attached hydrogens (primary N) is 3. The van der Waals surface area contributed by atoms with Gasteiger partial charge >= 0.3 is 5.69 Å². The van der Waals surface area contributed by atoms with E-state index in [9.17, 15) is 74.4 Å². The van der Waals surface area contributed by atoms with E-state index >= 15 is 0 Å². The van der Waals surface area contributed by atoms with Crippen molar-refractivity contribution in [2.45, 2.75) is 166 Å². The first-order chi connectivity index (χ1) is 56.7. The van der Waals surface area contributed by atoms with E-state index in [1.54, 1.807) is 20.8 Å². The van der Waals surface area contributed by atoms with Crippen molar-refractivity contribution in [2.75, 3.05) is 48.2 Å². The topological polar surface area (TPSA) is 484 Å². The Balaban J connectivity index is 0.000000164. The van der Waals surface area contributed by atoms with Crippen molar-refractivity contribution in [1.82, 2.24) is 29.3 Å². The molecule has 0 radical (unpaired) electrons. The molecular formula is C88H101N9O23. The fourth-order valence-electron chi connectivity index (χ4n) is 16.0. The lowest BCUT2D eigenvalue weighted by molar-refractivity contribution is -0.247. The number of Topliss-reactive ketones (excluding diaryl/α,β-unsaturated/α-hetero) is 2. The maximum atomic E-state index is 13.7. The van der Waals surface area contributed by atoms with Gasteiger partial charge in [-0.3, -0.25) is 34.5 Å². The molecule has 0 spiro atoms. The molecule has 2 aliphatic heterocycles. The van der Waals surface area contributed by atoms with Crippen LogP contribution in [0.25, 0.3) is 16.8 Å². The summed E-state index contributed by atoms with van der Waals surface area (Å²) in [7, 11) is 8.29. The average Bonchev–Trinajstić information content (AvgIpc) is 0.771. The summed E-state index contributed by atoms with van der Waals surface area (Å²) in [5.41, 5.74) is 17.5. The Labute approximate surface area is 691 Å². The number of hydrogen-bond donors (Lipinski definition) is 11. The first-order valence-electron chi connectivity index (χ1n) is 38.8. The SMILES string of the molecule is C.CC/C(=C(\c1ccccc1)c1ccc(OCCN(C)C)cc1)c1ccccc1.CCC(=O)[C@]1(O)Cc2c(O)c3c(c(O)c2[C@@H](OC2CC(N)C(O)C(C)O2)C1)C(=O)c1c(OC)cccc1C3=O.COc1cccc2c1C(=O)c1c(O)c3c(c(O)c1C2=O)C[C@@](O)(C(C)=O)C[C@@H]3OC1CC(N)C(O)C(C)O1.Cn1nnc2c(OCN)ncn2c1=O. The minimum atomic E-state index is -2.00. The number of aromatic hydroxyl groups is 4. The van der Waals surface area contributed by atoms with Crippen LogP contribution in [0, 0.1) is 0 Å². The quantitative estimate of drug-likeness (QED) is 0.0216. The second-order valence-corrected chi connectivity index (χ2v) is 30.2. The molecule has 0 amide bonds. The zero-order valence-electron chi connectivity index (χ0n) is 67.3. The van der Waals surface area contributed by atoms with Crippen molar-refractivity contribution in [3.05, 3.63) is 222 Å². The molecule has 7 aromatic carbocycles. The summed E-state index contributed by atoms with van der Waals surface area (Å²) in [4.78, 5) is 97.1. The summed E-state index contributed by atoms with van der Waals surface area (Å²) in [6, 6.07) is 37.3. The van der Waals surface area contributed by atoms with Crippen LogP contribution < -0.4 is 41.8 Å². The van der Waals surface area contributed by atoms with Gasteiger partial charge in [0.25, 0.3) is 5.88 Å². The highest BCUT2D eigenvalue weighted by Gasteiger charge is 2.52. The predicted molar refractivity (Wildman–Crippen MR) is 437 cm³/mol. The number of carbonyl (C=O) groups excluding carboxylic acids is 6. The lowest BCUT2D eigenvalue weighted by Crippen LogP contribution is -2.52. The maximum absolute atomic E-state index is 13.7. The molecule has 4 aliphatic carbocycles. The second kappa shape index (κ2) is 37.0. The maximum Gasteiger partial charge on any atom is 0.352 e. The summed E-state index contributed by atoms with van der Waals surface area (Å²) < 4.78 is 47.4. The lowest BCUT2D eigenvalue weighted by atomic mass is 9.71. The molecule has 9 aromatic rings. The van der Waals surface area contributed by atoms with Crippen LogP contribution in [0.2, 0.25) is 0 Å². The van der Waals surface area contributed by atoms with Crippen LogP contribution in [0.5, 0.6) is 46.1 Å². The number of benzene rings is 7. The van der Waals surface area contributed by atoms with E-state index in [4.69, 9.17) is 55.1 Å². The van der Waals surface area contributed by atoms with Crippen molar-refractivity contribution >= 4 is 51.5 Å². The number of fused-ring (bicyclic) bond motifs is 7. The molecule has 6 aliphatic rings. The van der Waals surface area contributed by atoms with Gasteiger partial charge in [-0.2, -0.15) is 9.67 Å². The van der Waals surface area contributed by atoms with E-state index in [0.29, 0.717) is 6.61 Å². The van der Waals surface area contributed by atoms with Gasteiger partial charge in [-0.1, -0.05) is 124 Å². The van der Waals surface area contributed by atoms with E-state index < -0.39 is 165 Å². The highest BCUT2D eigenvalue weighted by atomic mass is 16.7. The van der Waals surface area contributed by atoms with Crippen LogP contribution in [-0.2, 0) is 48.4 Å². The van der Waals surface area contributed by atoms with Crippen LogP contribution in [0.3, 0.4) is 0 Å². The number of phenolic OH excluding ortho intramolecular Hbond substituents is 4. The first kappa shape index (κ1) is 89.3.